The molecule has 0 saturated carbocycles. The quantitative estimate of drug-likeness (QED) is 0.0290. The molecule has 0 saturated heterocycles. The molecule has 0 N–H and O–H groups in total. The van der Waals surface area contributed by atoms with E-state index >= 15 is 0 Å². The summed E-state index contributed by atoms with van der Waals surface area (Å²) in [4.78, 5) is 10.9. The molecule has 0 heterocycles. The topological polar surface area (TPSA) is 24.7 Å². The molecule has 3 heteroatoms. The average molecular weight is 834 g/mol. The Morgan fingerprint density at radius 2 is 0.672 bits per heavy atom. The van der Waals surface area contributed by atoms with Crippen molar-refractivity contribution in [1.82, 2.24) is 0 Å². The van der Waals surface area contributed by atoms with Crippen molar-refractivity contribution >= 4 is 22.8 Å². The number of hydrogen-bond donors (Lipinski definition) is 0. The van der Waals surface area contributed by atoms with Crippen LogP contribution in [0, 0.1) is 23.7 Å². The number of unbranched alkanes of at least 4 members (excludes halogenated alkanes) is 23. The molecule has 0 aliphatic heterocycles. The minimum Gasteiger partial charge on any atom is -0.251 e. The van der Waals surface area contributed by atoms with Crippen molar-refractivity contribution in [3.8, 4) is 23.7 Å². The first kappa shape index (κ1) is 53.4. The normalized spacial score (nSPS) is 11.4. The van der Waals surface area contributed by atoms with Gasteiger partial charge in [0, 0.05) is 42.2 Å². The first-order chi connectivity index (χ1) is 28.2. The van der Waals surface area contributed by atoms with Gasteiger partial charge in [-0.15, -0.1) is 23.7 Å². The molecular weight excluding hydrogens is 747 g/mol. The molecule has 2 aromatic rings. The molecule has 0 spiro atoms. The average Bonchev–Trinajstić information content (AvgIpc) is 3.23. The molecule has 2 nitrogen and oxygen atoms in total. The van der Waals surface area contributed by atoms with Crippen molar-refractivity contribution in [1.29, 1.82) is 0 Å². The fourth-order valence-electron chi connectivity index (χ4n) is 7.51. The maximum Gasteiger partial charge on any atom is 0.0665 e. The van der Waals surface area contributed by atoms with Gasteiger partial charge in [-0.05, 0) is 87.5 Å². The van der Waals surface area contributed by atoms with Crippen LogP contribution in [0.25, 0.3) is 0 Å². The molecule has 0 aromatic heterocycles. The Kier molecular flexibility index (Phi) is 36.7. The number of aryl methyl sites for hydroxylation is 2. The Hall–Kier alpha value is -2.61. The Morgan fingerprint density at radius 3 is 1.07 bits per heavy atom. The SMILES string of the molecule is CCCCCCCCCCCC#CCCCc1ccccc1N=C(CCCC)C(CCCCC)=Nc1ccccc1CCCC#CCCCCCCCCCCC.[Ni]. The van der Waals surface area contributed by atoms with Gasteiger partial charge in [0.15, 0.2) is 0 Å². The number of nitrogens with zero attached hydrogens (tertiary/aromatic N) is 2. The van der Waals surface area contributed by atoms with Crippen molar-refractivity contribution in [3.63, 3.8) is 0 Å². The third-order valence-corrected chi connectivity index (χ3v) is 11.2. The zero-order valence-electron chi connectivity index (χ0n) is 38.2. The first-order valence-electron chi connectivity index (χ1n) is 24.5. The molecule has 0 fully saturated rings. The first-order valence-corrected chi connectivity index (χ1v) is 24.5. The molecule has 0 aliphatic carbocycles. The molecule has 0 atom stereocenters. The van der Waals surface area contributed by atoms with E-state index in [1.807, 2.05) is 0 Å². The molecule has 2 aromatic carbocycles. The summed E-state index contributed by atoms with van der Waals surface area (Å²) >= 11 is 0. The van der Waals surface area contributed by atoms with Crippen LogP contribution in [0.4, 0.5) is 11.4 Å². The van der Waals surface area contributed by atoms with E-state index < -0.39 is 0 Å². The van der Waals surface area contributed by atoms with Gasteiger partial charge in [-0.2, -0.15) is 0 Å². The van der Waals surface area contributed by atoms with Crippen molar-refractivity contribution in [3.05, 3.63) is 59.7 Å². The van der Waals surface area contributed by atoms with E-state index in [-0.39, 0.29) is 16.5 Å². The smallest absolute Gasteiger partial charge is 0.0665 e. The molecule has 58 heavy (non-hydrogen) atoms. The summed E-state index contributed by atoms with van der Waals surface area (Å²) in [6.07, 6.45) is 40.7. The van der Waals surface area contributed by atoms with Crippen LogP contribution in [-0.4, -0.2) is 11.4 Å². The number of hydrogen-bond acceptors (Lipinski definition) is 2. The minimum atomic E-state index is 0. The second-order valence-electron chi connectivity index (χ2n) is 16.5. The monoisotopic (exact) mass is 833 g/mol. The molecule has 0 radical (unpaired) electrons. The number of para-hydroxylation sites is 2. The van der Waals surface area contributed by atoms with Gasteiger partial charge in [0.05, 0.1) is 22.8 Å². The molecule has 0 unspecified atom stereocenters. The fraction of sp³-hybridized carbons (Fsp3) is 0.673. The summed E-state index contributed by atoms with van der Waals surface area (Å²) in [5, 5.41) is 0. The van der Waals surface area contributed by atoms with Gasteiger partial charge in [-0.25, -0.2) is 0 Å². The van der Waals surface area contributed by atoms with Crippen molar-refractivity contribution in [2.75, 3.05) is 0 Å². The third kappa shape index (κ3) is 28.0. The van der Waals surface area contributed by atoms with E-state index in [2.05, 4.69) is 99.9 Å². The van der Waals surface area contributed by atoms with Gasteiger partial charge in [0.2, 0.25) is 0 Å². The predicted molar refractivity (Wildman–Crippen MR) is 256 cm³/mol. The summed E-state index contributed by atoms with van der Waals surface area (Å²) < 4.78 is 0. The van der Waals surface area contributed by atoms with Gasteiger partial charge in [-0.1, -0.05) is 186 Å². The summed E-state index contributed by atoms with van der Waals surface area (Å²) in [5.41, 5.74) is 7.26. The summed E-state index contributed by atoms with van der Waals surface area (Å²) in [5.74, 6) is 13.9. The Balaban J connectivity index is 0.0000168. The molecule has 326 valence electrons. The summed E-state index contributed by atoms with van der Waals surface area (Å²) in [6.45, 7) is 9.15. The van der Waals surface area contributed by atoms with E-state index in [0.717, 1.165) is 94.8 Å². The van der Waals surface area contributed by atoms with Crippen LogP contribution >= 0.6 is 0 Å². The van der Waals surface area contributed by atoms with Gasteiger partial charge >= 0.3 is 0 Å². The molecule has 0 aliphatic rings. The van der Waals surface area contributed by atoms with Crippen LogP contribution in [0.15, 0.2) is 58.5 Å². The van der Waals surface area contributed by atoms with Gasteiger partial charge in [0.25, 0.3) is 0 Å². The van der Waals surface area contributed by atoms with E-state index in [1.54, 1.807) is 0 Å². The van der Waals surface area contributed by atoms with Gasteiger partial charge in [-0.3, -0.25) is 9.98 Å². The van der Waals surface area contributed by atoms with Crippen molar-refractivity contribution < 1.29 is 16.5 Å². The number of benzene rings is 2. The maximum absolute atomic E-state index is 5.47. The van der Waals surface area contributed by atoms with Crippen molar-refractivity contribution in [2.24, 2.45) is 9.98 Å². The van der Waals surface area contributed by atoms with Crippen molar-refractivity contribution in [2.45, 2.75) is 240 Å². The second kappa shape index (κ2) is 39.8. The van der Waals surface area contributed by atoms with Gasteiger partial charge in [0.1, 0.15) is 0 Å². The van der Waals surface area contributed by atoms with Crippen LogP contribution in [0.2, 0.25) is 0 Å². The predicted octanol–water partition coefficient (Wildman–Crippen LogP) is 17.8. The van der Waals surface area contributed by atoms with E-state index in [0.29, 0.717) is 0 Å². The molecule has 0 amide bonds. The van der Waals surface area contributed by atoms with Crippen LogP contribution in [-0.2, 0) is 29.3 Å². The Bertz CT molecular complexity index is 1450. The summed E-state index contributed by atoms with van der Waals surface area (Å²) in [7, 11) is 0. The largest absolute Gasteiger partial charge is 0.251 e. The third-order valence-electron chi connectivity index (χ3n) is 11.2. The Morgan fingerprint density at radius 1 is 0.362 bits per heavy atom. The van der Waals surface area contributed by atoms with Gasteiger partial charge < -0.3 is 0 Å². The zero-order valence-corrected chi connectivity index (χ0v) is 39.2. The van der Waals surface area contributed by atoms with Crippen LogP contribution in [0.1, 0.15) is 238 Å². The Labute approximate surface area is 370 Å². The molecule has 0 bridgehead atoms. The zero-order chi connectivity index (χ0) is 40.7. The van der Waals surface area contributed by atoms with E-state index in [1.165, 1.54) is 151 Å². The van der Waals surface area contributed by atoms with E-state index in [9.17, 15) is 0 Å². The number of rotatable bonds is 34. The van der Waals surface area contributed by atoms with Crippen LogP contribution < -0.4 is 0 Å². The van der Waals surface area contributed by atoms with Crippen LogP contribution in [0.5, 0.6) is 0 Å². The number of aliphatic imine (C=N–C) groups is 2. The standard InChI is InChI=1S/C55H86N2.Ni/c1-5-9-13-15-17-19-21-23-25-27-29-31-33-36-42-50-44-38-40-47-52(50)56-54(46-12-8-4)55(49-35-11-7-3)57-53-48-41-39-45-51(53)43-37-34-32-30-28-26-24-22-20-18-16-14-10-6-2;/h38-41,44-45,47-48H,5-28,33-37,42-43,46,49H2,1-4H3;. The second-order valence-corrected chi connectivity index (χ2v) is 16.5. The minimum absolute atomic E-state index is 0. The molecule has 2 rings (SSSR count). The summed E-state index contributed by atoms with van der Waals surface area (Å²) in [6, 6.07) is 17.6. The van der Waals surface area contributed by atoms with E-state index in [4.69, 9.17) is 9.98 Å². The fourth-order valence-corrected chi connectivity index (χ4v) is 7.51. The molecular formula is C55H86N2Ni. The van der Waals surface area contributed by atoms with Crippen LogP contribution in [0.3, 0.4) is 0 Å². The maximum atomic E-state index is 5.47.